The molecule has 0 aliphatic carbocycles. The molecule has 2 unspecified atom stereocenters. The Kier molecular flexibility index (Phi) is 4.52. The van der Waals surface area contributed by atoms with Gasteiger partial charge in [-0.1, -0.05) is 52.0 Å². The topological polar surface area (TPSA) is 63.3 Å². The van der Waals surface area contributed by atoms with E-state index in [1.165, 1.54) is 5.56 Å². The van der Waals surface area contributed by atoms with Crippen molar-refractivity contribution in [1.29, 1.82) is 0 Å². The monoisotopic (exact) mass is 249 g/mol. The van der Waals surface area contributed by atoms with Gasteiger partial charge in [0, 0.05) is 6.04 Å². The number of carboxylic acid groups (broad SMARTS) is 1. The molecule has 3 N–H and O–H groups in total. The SMILES string of the molecule is CC(CC(N)c1ccc(C(C)(C)C)cc1)C(=O)O. The number of nitrogens with two attached hydrogens (primary N) is 1. The van der Waals surface area contributed by atoms with Crippen molar-refractivity contribution in [3.8, 4) is 0 Å². The van der Waals surface area contributed by atoms with Crippen molar-refractivity contribution < 1.29 is 9.90 Å². The number of hydrogen-bond donors (Lipinski definition) is 2. The van der Waals surface area contributed by atoms with E-state index < -0.39 is 11.9 Å². The Morgan fingerprint density at radius 1 is 1.28 bits per heavy atom. The second-order valence-corrected chi connectivity index (χ2v) is 5.95. The smallest absolute Gasteiger partial charge is 0.306 e. The number of hydrogen-bond acceptors (Lipinski definition) is 2. The average molecular weight is 249 g/mol. The minimum atomic E-state index is -0.795. The minimum Gasteiger partial charge on any atom is -0.481 e. The normalized spacial score (nSPS) is 15.2. The fourth-order valence-electron chi connectivity index (χ4n) is 1.85. The van der Waals surface area contributed by atoms with Crippen molar-refractivity contribution in [2.24, 2.45) is 11.7 Å². The maximum atomic E-state index is 10.8. The Morgan fingerprint density at radius 2 is 1.78 bits per heavy atom. The Morgan fingerprint density at radius 3 is 2.17 bits per heavy atom. The molecule has 0 aliphatic rings. The third-order valence-corrected chi connectivity index (χ3v) is 3.23. The van der Waals surface area contributed by atoms with Gasteiger partial charge in [-0.3, -0.25) is 4.79 Å². The van der Waals surface area contributed by atoms with Crippen molar-refractivity contribution in [2.45, 2.75) is 45.6 Å². The lowest BCUT2D eigenvalue weighted by Crippen LogP contribution is -2.19. The maximum Gasteiger partial charge on any atom is 0.306 e. The molecule has 0 aromatic heterocycles. The van der Waals surface area contributed by atoms with Gasteiger partial charge in [0.15, 0.2) is 0 Å². The summed E-state index contributed by atoms with van der Waals surface area (Å²) in [5, 5.41) is 8.87. The lowest BCUT2D eigenvalue weighted by Gasteiger charge is -2.20. The van der Waals surface area contributed by atoms with E-state index >= 15 is 0 Å². The zero-order chi connectivity index (χ0) is 13.9. The van der Waals surface area contributed by atoms with Gasteiger partial charge in [-0.2, -0.15) is 0 Å². The fourth-order valence-corrected chi connectivity index (χ4v) is 1.85. The van der Waals surface area contributed by atoms with Gasteiger partial charge in [0.2, 0.25) is 0 Å². The first kappa shape index (κ1) is 14.7. The molecule has 1 rings (SSSR count). The van der Waals surface area contributed by atoms with E-state index in [4.69, 9.17) is 10.8 Å². The highest BCUT2D eigenvalue weighted by Gasteiger charge is 2.18. The molecule has 3 heteroatoms. The van der Waals surface area contributed by atoms with Crippen molar-refractivity contribution in [3.63, 3.8) is 0 Å². The Balaban J connectivity index is 2.76. The van der Waals surface area contributed by atoms with Crippen molar-refractivity contribution in [3.05, 3.63) is 35.4 Å². The van der Waals surface area contributed by atoms with Crippen LogP contribution in [0, 0.1) is 5.92 Å². The van der Waals surface area contributed by atoms with E-state index in [0.717, 1.165) is 5.56 Å². The first-order valence-corrected chi connectivity index (χ1v) is 6.30. The highest BCUT2D eigenvalue weighted by molar-refractivity contribution is 5.69. The highest BCUT2D eigenvalue weighted by atomic mass is 16.4. The summed E-state index contributed by atoms with van der Waals surface area (Å²) < 4.78 is 0. The molecule has 18 heavy (non-hydrogen) atoms. The molecule has 100 valence electrons. The predicted molar refractivity (Wildman–Crippen MR) is 73.5 cm³/mol. The highest BCUT2D eigenvalue weighted by Crippen LogP contribution is 2.25. The quantitative estimate of drug-likeness (QED) is 0.861. The summed E-state index contributed by atoms with van der Waals surface area (Å²) in [6.45, 7) is 8.17. The summed E-state index contributed by atoms with van der Waals surface area (Å²) in [7, 11) is 0. The summed E-state index contributed by atoms with van der Waals surface area (Å²) in [5.74, 6) is -1.21. The van der Waals surface area contributed by atoms with Crippen LogP contribution >= 0.6 is 0 Å². The van der Waals surface area contributed by atoms with Crippen LogP contribution in [0.1, 0.15) is 51.3 Å². The van der Waals surface area contributed by atoms with Gasteiger partial charge in [0.1, 0.15) is 0 Å². The molecule has 0 spiro atoms. The molecule has 0 amide bonds. The van der Waals surface area contributed by atoms with Gasteiger partial charge in [0.25, 0.3) is 0 Å². The van der Waals surface area contributed by atoms with Gasteiger partial charge < -0.3 is 10.8 Å². The number of benzene rings is 1. The van der Waals surface area contributed by atoms with Gasteiger partial charge in [0.05, 0.1) is 5.92 Å². The number of rotatable bonds is 4. The first-order valence-electron chi connectivity index (χ1n) is 6.30. The predicted octanol–water partition coefficient (Wildman–Crippen LogP) is 3.09. The minimum absolute atomic E-state index is 0.122. The van der Waals surface area contributed by atoms with Crippen molar-refractivity contribution in [2.75, 3.05) is 0 Å². The fraction of sp³-hybridized carbons (Fsp3) is 0.533. The van der Waals surface area contributed by atoms with Crippen LogP contribution in [0.3, 0.4) is 0 Å². The third-order valence-electron chi connectivity index (χ3n) is 3.23. The average Bonchev–Trinajstić information content (AvgIpc) is 2.27. The first-order chi connectivity index (χ1) is 8.21. The lowest BCUT2D eigenvalue weighted by molar-refractivity contribution is -0.141. The molecule has 0 aliphatic heterocycles. The molecule has 0 radical (unpaired) electrons. The summed E-state index contributed by atoms with van der Waals surface area (Å²) in [6.07, 6.45) is 0.462. The second kappa shape index (κ2) is 5.53. The van der Waals surface area contributed by atoms with E-state index in [0.29, 0.717) is 6.42 Å². The number of aliphatic carboxylic acids is 1. The lowest BCUT2D eigenvalue weighted by atomic mass is 9.86. The molecule has 1 aromatic carbocycles. The molecule has 0 heterocycles. The molecule has 1 aromatic rings. The van der Waals surface area contributed by atoms with Gasteiger partial charge in [-0.05, 0) is 23.0 Å². The molecule has 0 bridgehead atoms. The molecule has 0 saturated heterocycles. The molecular weight excluding hydrogens is 226 g/mol. The third kappa shape index (κ3) is 3.84. The van der Waals surface area contributed by atoms with Crippen LogP contribution in [-0.4, -0.2) is 11.1 Å². The van der Waals surface area contributed by atoms with E-state index in [1.54, 1.807) is 6.92 Å². The van der Waals surface area contributed by atoms with E-state index in [2.05, 4.69) is 32.9 Å². The standard InChI is InChI=1S/C15H23NO2/c1-10(14(17)18)9-13(16)11-5-7-12(8-6-11)15(2,3)4/h5-8,10,13H,9,16H2,1-4H3,(H,17,18). The van der Waals surface area contributed by atoms with Crippen LogP contribution in [-0.2, 0) is 10.2 Å². The van der Waals surface area contributed by atoms with E-state index in [9.17, 15) is 4.79 Å². The van der Waals surface area contributed by atoms with Gasteiger partial charge >= 0.3 is 5.97 Å². The van der Waals surface area contributed by atoms with Crippen LogP contribution in [0.2, 0.25) is 0 Å². The van der Waals surface area contributed by atoms with E-state index in [1.807, 2.05) is 12.1 Å². The van der Waals surface area contributed by atoms with Crippen LogP contribution in [0.4, 0.5) is 0 Å². The van der Waals surface area contributed by atoms with Gasteiger partial charge in [-0.25, -0.2) is 0 Å². The Labute approximate surface area is 109 Å². The van der Waals surface area contributed by atoms with E-state index in [-0.39, 0.29) is 11.5 Å². The summed E-state index contributed by atoms with van der Waals surface area (Å²) >= 11 is 0. The molecule has 2 atom stereocenters. The zero-order valence-corrected chi connectivity index (χ0v) is 11.6. The second-order valence-electron chi connectivity index (χ2n) is 5.95. The summed E-state index contributed by atoms with van der Waals surface area (Å²) in [5.41, 5.74) is 8.40. The van der Waals surface area contributed by atoms with Crippen LogP contribution in [0.15, 0.2) is 24.3 Å². The molecule has 3 nitrogen and oxygen atoms in total. The zero-order valence-electron chi connectivity index (χ0n) is 11.6. The summed E-state index contributed by atoms with van der Waals surface area (Å²) in [6, 6.07) is 7.92. The largest absolute Gasteiger partial charge is 0.481 e. The number of carbonyl (C=O) groups is 1. The summed E-state index contributed by atoms with van der Waals surface area (Å²) in [4.78, 5) is 10.8. The number of carboxylic acids is 1. The van der Waals surface area contributed by atoms with Crippen molar-refractivity contribution >= 4 is 5.97 Å². The molecular formula is C15H23NO2. The Bertz CT molecular complexity index is 403. The van der Waals surface area contributed by atoms with Crippen molar-refractivity contribution in [1.82, 2.24) is 0 Å². The molecule has 0 fully saturated rings. The van der Waals surface area contributed by atoms with Crippen LogP contribution < -0.4 is 5.73 Å². The molecule has 0 saturated carbocycles. The van der Waals surface area contributed by atoms with Crippen LogP contribution in [0.5, 0.6) is 0 Å². The van der Waals surface area contributed by atoms with Crippen LogP contribution in [0.25, 0.3) is 0 Å². The van der Waals surface area contributed by atoms with Gasteiger partial charge in [-0.15, -0.1) is 0 Å². The Hall–Kier alpha value is -1.35. The maximum absolute atomic E-state index is 10.8.